The molecule has 1 amide bonds. The van der Waals surface area contributed by atoms with Crippen LogP contribution < -0.4 is 0 Å². The average molecular weight is 334 g/mol. The molecule has 0 N–H and O–H groups in total. The second kappa shape index (κ2) is 7.86. The van der Waals surface area contributed by atoms with Gasteiger partial charge in [0.2, 0.25) is 5.91 Å². The summed E-state index contributed by atoms with van der Waals surface area (Å²) in [7, 11) is 0. The molecule has 2 fully saturated rings. The minimum atomic E-state index is -4.15. The van der Waals surface area contributed by atoms with Crippen LogP contribution in [0.3, 0.4) is 0 Å². The fourth-order valence-corrected chi connectivity index (χ4v) is 3.86. The minimum Gasteiger partial charge on any atom is -0.342 e. The van der Waals surface area contributed by atoms with Gasteiger partial charge in [-0.2, -0.15) is 13.2 Å². The number of piperidine rings is 1. The predicted molar refractivity (Wildman–Crippen MR) is 84.0 cm³/mol. The third-order valence-corrected chi connectivity index (χ3v) is 5.37. The van der Waals surface area contributed by atoms with Gasteiger partial charge in [0.25, 0.3) is 0 Å². The Morgan fingerprint density at radius 1 is 1.04 bits per heavy atom. The van der Waals surface area contributed by atoms with Gasteiger partial charge < -0.3 is 4.90 Å². The van der Waals surface area contributed by atoms with Crippen LogP contribution >= 0.6 is 0 Å². The van der Waals surface area contributed by atoms with Crippen molar-refractivity contribution in [3.8, 4) is 0 Å². The van der Waals surface area contributed by atoms with Crippen molar-refractivity contribution in [2.45, 2.75) is 52.1 Å². The molecule has 0 radical (unpaired) electrons. The molecule has 0 saturated carbocycles. The van der Waals surface area contributed by atoms with Gasteiger partial charge in [0, 0.05) is 19.0 Å². The van der Waals surface area contributed by atoms with Gasteiger partial charge in [-0.15, -0.1) is 0 Å². The summed E-state index contributed by atoms with van der Waals surface area (Å²) in [4.78, 5) is 16.0. The molecule has 2 rings (SSSR count). The van der Waals surface area contributed by atoms with Crippen molar-refractivity contribution in [1.29, 1.82) is 0 Å². The van der Waals surface area contributed by atoms with Crippen molar-refractivity contribution in [2.24, 2.45) is 17.8 Å². The van der Waals surface area contributed by atoms with E-state index in [1.54, 1.807) is 0 Å². The Balaban J connectivity index is 1.80. The van der Waals surface area contributed by atoms with Crippen molar-refractivity contribution in [2.75, 3.05) is 32.7 Å². The second-order valence-corrected chi connectivity index (χ2v) is 7.43. The molecule has 0 aliphatic carbocycles. The molecule has 2 aliphatic rings. The summed E-state index contributed by atoms with van der Waals surface area (Å²) in [5, 5.41) is 0. The number of alkyl halides is 3. The van der Waals surface area contributed by atoms with E-state index in [1.165, 1.54) is 11.3 Å². The largest absolute Gasteiger partial charge is 0.401 e. The maximum atomic E-state index is 12.7. The van der Waals surface area contributed by atoms with Crippen LogP contribution in [0.2, 0.25) is 0 Å². The molecule has 0 bridgehead atoms. The number of nitrogens with zero attached hydrogens (tertiary/aromatic N) is 2. The SMILES string of the molecule is CC(C)[C@H]1CCCN(C(=O)C2CCN(CC(F)(F)F)CC2)CC1. The lowest BCUT2D eigenvalue weighted by molar-refractivity contribution is -0.151. The van der Waals surface area contributed by atoms with Gasteiger partial charge in [-0.1, -0.05) is 13.8 Å². The highest BCUT2D eigenvalue weighted by Crippen LogP contribution is 2.28. The van der Waals surface area contributed by atoms with Gasteiger partial charge in [-0.05, 0) is 57.0 Å². The molecule has 134 valence electrons. The number of halogens is 3. The number of rotatable bonds is 3. The number of hydrogen-bond donors (Lipinski definition) is 0. The van der Waals surface area contributed by atoms with E-state index < -0.39 is 12.7 Å². The zero-order valence-electron chi connectivity index (χ0n) is 14.2. The van der Waals surface area contributed by atoms with Crippen LogP contribution in [-0.4, -0.2) is 54.6 Å². The normalized spacial score (nSPS) is 25.7. The van der Waals surface area contributed by atoms with Crippen molar-refractivity contribution in [3.05, 3.63) is 0 Å². The summed E-state index contributed by atoms with van der Waals surface area (Å²) in [5.41, 5.74) is 0. The lowest BCUT2D eigenvalue weighted by atomic mass is 9.89. The number of carbonyl (C=O) groups excluding carboxylic acids is 1. The van der Waals surface area contributed by atoms with Crippen LogP contribution in [0.1, 0.15) is 46.0 Å². The second-order valence-electron chi connectivity index (χ2n) is 7.43. The van der Waals surface area contributed by atoms with E-state index in [4.69, 9.17) is 0 Å². The van der Waals surface area contributed by atoms with E-state index in [0.29, 0.717) is 37.8 Å². The highest BCUT2D eigenvalue weighted by molar-refractivity contribution is 5.79. The van der Waals surface area contributed by atoms with Crippen LogP contribution in [0.25, 0.3) is 0 Å². The Morgan fingerprint density at radius 2 is 1.70 bits per heavy atom. The summed E-state index contributed by atoms with van der Waals surface area (Å²) >= 11 is 0. The molecule has 0 aromatic carbocycles. The van der Waals surface area contributed by atoms with E-state index in [2.05, 4.69) is 13.8 Å². The number of carbonyl (C=O) groups is 1. The molecule has 0 aromatic heterocycles. The van der Waals surface area contributed by atoms with E-state index in [0.717, 1.165) is 25.9 Å². The Kier molecular flexibility index (Phi) is 6.34. The van der Waals surface area contributed by atoms with Gasteiger partial charge in [-0.25, -0.2) is 0 Å². The molecule has 1 atom stereocenters. The van der Waals surface area contributed by atoms with E-state index in [1.807, 2.05) is 4.90 Å². The maximum Gasteiger partial charge on any atom is 0.401 e. The Bertz CT molecular complexity index is 390. The Morgan fingerprint density at radius 3 is 2.26 bits per heavy atom. The third kappa shape index (κ3) is 5.66. The van der Waals surface area contributed by atoms with Crippen molar-refractivity contribution in [1.82, 2.24) is 9.80 Å². The molecule has 0 spiro atoms. The topological polar surface area (TPSA) is 23.6 Å². The van der Waals surface area contributed by atoms with Gasteiger partial charge in [0.1, 0.15) is 0 Å². The molecule has 3 nitrogen and oxygen atoms in total. The summed E-state index contributed by atoms with van der Waals surface area (Å²) in [6.45, 7) is 5.98. The first-order valence-electron chi connectivity index (χ1n) is 8.84. The first-order valence-corrected chi connectivity index (χ1v) is 8.84. The highest BCUT2D eigenvalue weighted by atomic mass is 19.4. The van der Waals surface area contributed by atoms with Gasteiger partial charge in [-0.3, -0.25) is 9.69 Å². The van der Waals surface area contributed by atoms with E-state index in [-0.39, 0.29) is 11.8 Å². The smallest absolute Gasteiger partial charge is 0.342 e. The van der Waals surface area contributed by atoms with Gasteiger partial charge in [0.05, 0.1) is 6.54 Å². The van der Waals surface area contributed by atoms with Crippen molar-refractivity contribution >= 4 is 5.91 Å². The molecule has 0 unspecified atom stereocenters. The molecule has 6 heteroatoms. The van der Waals surface area contributed by atoms with E-state index >= 15 is 0 Å². The summed E-state index contributed by atoms with van der Waals surface area (Å²) in [6.07, 6.45) is 0.231. The molecule has 0 aromatic rings. The van der Waals surface area contributed by atoms with Crippen LogP contribution in [0.4, 0.5) is 13.2 Å². The standard InChI is InChI=1S/C17H29F3N2O/c1-13(2)14-4-3-8-22(11-7-14)16(23)15-5-9-21(10-6-15)12-17(18,19)20/h13-15H,3-12H2,1-2H3/t14-/m0/s1. The van der Waals surface area contributed by atoms with Crippen LogP contribution in [0, 0.1) is 17.8 Å². The number of amides is 1. The third-order valence-electron chi connectivity index (χ3n) is 5.37. The monoisotopic (exact) mass is 334 g/mol. The Labute approximate surface area is 137 Å². The predicted octanol–water partition coefficient (Wildman–Crippen LogP) is 3.55. The van der Waals surface area contributed by atoms with Crippen LogP contribution in [0.15, 0.2) is 0 Å². The van der Waals surface area contributed by atoms with Gasteiger partial charge >= 0.3 is 6.18 Å². The lowest BCUT2D eigenvalue weighted by Gasteiger charge is -2.34. The first kappa shape index (κ1) is 18.6. The average Bonchev–Trinajstić information content (AvgIpc) is 2.71. The lowest BCUT2D eigenvalue weighted by Crippen LogP contribution is -2.45. The molecule has 2 saturated heterocycles. The zero-order chi connectivity index (χ0) is 17.0. The fraction of sp³-hybridized carbons (Fsp3) is 0.941. The van der Waals surface area contributed by atoms with Gasteiger partial charge in [0.15, 0.2) is 0 Å². The molecular formula is C17H29F3N2O. The first-order chi connectivity index (χ1) is 10.8. The summed E-state index contributed by atoms with van der Waals surface area (Å²) in [6, 6.07) is 0. The summed E-state index contributed by atoms with van der Waals surface area (Å²) < 4.78 is 37.3. The summed E-state index contributed by atoms with van der Waals surface area (Å²) in [5.74, 6) is 1.41. The number of hydrogen-bond acceptors (Lipinski definition) is 2. The molecular weight excluding hydrogens is 305 g/mol. The van der Waals surface area contributed by atoms with E-state index in [9.17, 15) is 18.0 Å². The quantitative estimate of drug-likeness (QED) is 0.788. The zero-order valence-corrected chi connectivity index (χ0v) is 14.2. The minimum absolute atomic E-state index is 0.0879. The highest BCUT2D eigenvalue weighted by Gasteiger charge is 2.35. The molecule has 23 heavy (non-hydrogen) atoms. The van der Waals surface area contributed by atoms with Crippen molar-refractivity contribution < 1.29 is 18.0 Å². The fourth-order valence-electron chi connectivity index (χ4n) is 3.86. The van der Waals surface area contributed by atoms with Crippen LogP contribution in [-0.2, 0) is 4.79 Å². The molecule has 2 heterocycles. The number of likely N-dealkylation sites (tertiary alicyclic amines) is 2. The van der Waals surface area contributed by atoms with Crippen LogP contribution in [0.5, 0.6) is 0 Å². The van der Waals surface area contributed by atoms with Crippen molar-refractivity contribution in [3.63, 3.8) is 0 Å². The molecule has 2 aliphatic heterocycles. The Hall–Kier alpha value is -0.780. The maximum absolute atomic E-state index is 12.7.